The Labute approximate surface area is 144 Å². The fraction of sp³-hybridized carbons (Fsp3) is 0.100. The van der Waals surface area contributed by atoms with Crippen LogP contribution in [-0.2, 0) is 0 Å². The van der Waals surface area contributed by atoms with Crippen LogP contribution in [-0.4, -0.2) is 15.3 Å². The van der Waals surface area contributed by atoms with Crippen LogP contribution in [0.1, 0.15) is 21.7 Å². The minimum Gasteiger partial charge on any atom is -0.469 e. The second-order valence-corrected chi connectivity index (χ2v) is 6.02. The Morgan fingerprint density at radius 1 is 1.12 bits per heavy atom. The molecule has 0 aliphatic heterocycles. The van der Waals surface area contributed by atoms with E-state index in [4.69, 9.17) is 4.42 Å². The smallest absolute Gasteiger partial charge is 0.259 e. The number of benzene rings is 1. The van der Waals surface area contributed by atoms with E-state index in [1.54, 1.807) is 13.0 Å². The van der Waals surface area contributed by atoms with Crippen LogP contribution in [0.25, 0.3) is 16.9 Å². The third-order valence-corrected chi connectivity index (χ3v) is 4.16. The van der Waals surface area contributed by atoms with Crippen molar-refractivity contribution in [3.8, 4) is 11.3 Å². The molecule has 1 amide bonds. The minimum atomic E-state index is -0.179. The number of fused-ring (bicyclic) bond motifs is 1. The monoisotopic (exact) mass is 331 g/mol. The Morgan fingerprint density at radius 2 is 1.92 bits per heavy atom. The van der Waals surface area contributed by atoms with Gasteiger partial charge in [-0.25, -0.2) is 4.98 Å². The lowest BCUT2D eigenvalue weighted by molar-refractivity contribution is 0.102. The van der Waals surface area contributed by atoms with E-state index in [2.05, 4.69) is 16.4 Å². The molecule has 0 unspecified atom stereocenters. The molecule has 0 saturated carbocycles. The molecule has 0 radical (unpaired) electrons. The van der Waals surface area contributed by atoms with E-state index in [-0.39, 0.29) is 5.91 Å². The lowest BCUT2D eigenvalue weighted by Gasteiger charge is -2.05. The highest BCUT2D eigenvalue weighted by Crippen LogP contribution is 2.22. The number of hydrogen-bond donors (Lipinski definition) is 1. The van der Waals surface area contributed by atoms with Gasteiger partial charge in [-0.3, -0.25) is 4.79 Å². The summed E-state index contributed by atoms with van der Waals surface area (Å²) >= 11 is 0. The van der Waals surface area contributed by atoms with Crippen molar-refractivity contribution in [1.29, 1.82) is 0 Å². The average Bonchev–Trinajstić information content (AvgIpc) is 3.21. The second kappa shape index (κ2) is 5.94. The first-order valence-electron chi connectivity index (χ1n) is 8.01. The van der Waals surface area contributed by atoms with Crippen LogP contribution < -0.4 is 5.32 Å². The number of carbonyl (C=O) groups excluding carboxylic acids is 1. The number of aryl methyl sites for hydroxylation is 2. The van der Waals surface area contributed by atoms with Crippen molar-refractivity contribution in [2.45, 2.75) is 13.8 Å². The molecule has 4 rings (SSSR count). The van der Waals surface area contributed by atoms with E-state index < -0.39 is 0 Å². The van der Waals surface area contributed by atoms with Crippen LogP contribution in [0.15, 0.2) is 65.5 Å². The summed E-state index contributed by atoms with van der Waals surface area (Å²) in [5, 5.41) is 2.87. The molecule has 0 atom stereocenters. The van der Waals surface area contributed by atoms with Gasteiger partial charge in [0, 0.05) is 23.6 Å². The molecule has 5 heteroatoms. The van der Waals surface area contributed by atoms with Gasteiger partial charge in [0.2, 0.25) is 0 Å². The van der Waals surface area contributed by atoms with Crippen molar-refractivity contribution in [2.24, 2.45) is 0 Å². The Balaban J connectivity index is 1.57. The van der Waals surface area contributed by atoms with Crippen molar-refractivity contribution in [2.75, 3.05) is 5.32 Å². The largest absolute Gasteiger partial charge is 0.469 e. The maximum atomic E-state index is 12.2. The first-order chi connectivity index (χ1) is 12.1. The molecular formula is C20H17N3O2. The van der Waals surface area contributed by atoms with Crippen LogP contribution in [0, 0.1) is 13.8 Å². The maximum absolute atomic E-state index is 12.2. The summed E-state index contributed by atoms with van der Waals surface area (Å²) < 4.78 is 7.17. The summed E-state index contributed by atoms with van der Waals surface area (Å²) in [5.41, 5.74) is 5.27. The molecule has 0 aliphatic carbocycles. The number of rotatable bonds is 3. The van der Waals surface area contributed by atoms with E-state index in [1.165, 1.54) is 11.8 Å². The standard InChI is InChI=1S/C20H17N3O2/c1-13-7-9-23-12-18(22-19(23)11-13)15-3-5-16(6-4-15)21-20(24)17-8-10-25-14(17)2/h3-12H,1-2H3,(H,21,24). The zero-order chi connectivity index (χ0) is 17.4. The van der Waals surface area contributed by atoms with Gasteiger partial charge in [0.25, 0.3) is 5.91 Å². The topological polar surface area (TPSA) is 59.5 Å². The molecular weight excluding hydrogens is 314 g/mol. The minimum absolute atomic E-state index is 0.179. The highest BCUT2D eigenvalue weighted by Gasteiger charge is 2.12. The van der Waals surface area contributed by atoms with Gasteiger partial charge in [-0.15, -0.1) is 0 Å². The summed E-state index contributed by atoms with van der Waals surface area (Å²) in [4.78, 5) is 16.9. The van der Waals surface area contributed by atoms with Gasteiger partial charge in [-0.05, 0) is 49.7 Å². The lowest BCUT2D eigenvalue weighted by Crippen LogP contribution is -2.11. The first-order valence-corrected chi connectivity index (χ1v) is 8.01. The molecule has 3 heterocycles. The summed E-state index contributed by atoms with van der Waals surface area (Å²) in [7, 11) is 0. The van der Waals surface area contributed by atoms with E-state index in [0.29, 0.717) is 11.3 Å². The number of furan rings is 1. The number of imidazole rings is 1. The highest BCUT2D eigenvalue weighted by molar-refractivity contribution is 6.04. The van der Waals surface area contributed by atoms with Gasteiger partial charge in [-0.2, -0.15) is 0 Å². The number of carbonyl (C=O) groups is 1. The maximum Gasteiger partial charge on any atom is 0.259 e. The molecule has 0 fully saturated rings. The van der Waals surface area contributed by atoms with Crippen molar-refractivity contribution in [1.82, 2.24) is 9.38 Å². The SMILES string of the molecule is Cc1ccn2cc(-c3ccc(NC(=O)c4ccoc4C)cc3)nc2c1. The normalized spacial score (nSPS) is 11.0. The average molecular weight is 331 g/mol. The summed E-state index contributed by atoms with van der Waals surface area (Å²) in [6, 6.07) is 13.4. The van der Waals surface area contributed by atoms with E-state index in [9.17, 15) is 4.79 Å². The third kappa shape index (κ3) is 2.92. The Bertz CT molecular complexity index is 1060. The molecule has 0 aliphatic rings. The van der Waals surface area contributed by atoms with Crippen LogP contribution in [0.2, 0.25) is 0 Å². The molecule has 5 nitrogen and oxygen atoms in total. The van der Waals surface area contributed by atoms with Crippen LogP contribution in [0.4, 0.5) is 5.69 Å². The summed E-state index contributed by atoms with van der Waals surface area (Å²) in [6.45, 7) is 3.82. The fourth-order valence-corrected chi connectivity index (χ4v) is 2.77. The number of pyridine rings is 1. The second-order valence-electron chi connectivity index (χ2n) is 6.02. The number of anilines is 1. The van der Waals surface area contributed by atoms with E-state index >= 15 is 0 Å². The fourth-order valence-electron chi connectivity index (χ4n) is 2.77. The molecule has 3 aromatic heterocycles. The van der Waals surface area contributed by atoms with Crippen LogP contribution in [0.3, 0.4) is 0 Å². The van der Waals surface area contributed by atoms with Crippen LogP contribution in [0.5, 0.6) is 0 Å². The number of aromatic nitrogens is 2. The zero-order valence-corrected chi connectivity index (χ0v) is 14.0. The van der Waals surface area contributed by atoms with Gasteiger partial charge < -0.3 is 14.1 Å². The Morgan fingerprint density at radius 3 is 2.64 bits per heavy atom. The molecule has 1 aromatic carbocycles. The lowest BCUT2D eigenvalue weighted by atomic mass is 10.1. The predicted molar refractivity (Wildman–Crippen MR) is 96.8 cm³/mol. The molecule has 0 spiro atoms. The predicted octanol–water partition coefficient (Wildman–Crippen LogP) is 4.46. The van der Waals surface area contributed by atoms with Gasteiger partial charge >= 0.3 is 0 Å². The number of nitrogens with one attached hydrogen (secondary N) is 1. The third-order valence-electron chi connectivity index (χ3n) is 4.16. The number of nitrogens with zero attached hydrogens (tertiary/aromatic N) is 2. The number of hydrogen-bond acceptors (Lipinski definition) is 3. The molecule has 0 saturated heterocycles. The molecule has 25 heavy (non-hydrogen) atoms. The Hall–Kier alpha value is -3.34. The summed E-state index contributed by atoms with van der Waals surface area (Å²) in [5.74, 6) is 0.427. The van der Waals surface area contributed by atoms with E-state index in [1.807, 2.05) is 54.0 Å². The number of amides is 1. The first kappa shape index (κ1) is 15.2. The zero-order valence-electron chi connectivity index (χ0n) is 14.0. The summed E-state index contributed by atoms with van der Waals surface area (Å²) in [6.07, 6.45) is 5.51. The van der Waals surface area contributed by atoms with Gasteiger partial charge in [0.05, 0.1) is 17.5 Å². The van der Waals surface area contributed by atoms with Gasteiger partial charge in [-0.1, -0.05) is 12.1 Å². The van der Waals surface area contributed by atoms with Crippen molar-refractivity contribution < 1.29 is 9.21 Å². The van der Waals surface area contributed by atoms with Crippen LogP contribution >= 0.6 is 0 Å². The van der Waals surface area contributed by atoms with E-state index in [0.717, 1.165) is 22.6 Å². The molecule has 4 aromatic rings. The molecule has 0 bridgehead atoms. The molecule has 124 valence electrons. The van der Waals surface area contributed by atoms with Crippen molar-refractivity contribution >= 4 is 17.2 Å². The van der Waals surface area contributed by atoms with Gasteiger partial charge in [0.1, 0.15) is 11.4 Å². The van der Waals surface area contributed by atoms with Gasteiger partial charge in [0.15, 0.2) is 0 Å². The Kier molecular flexibility index (Phi) is 3.61. The van der Waals surface area contributed by atoms with Crippen molar-refractivity contribution in [3.63, 3.8) is 0 Å². The van der Waals surface area contributed by atoms with Crippen molar-refractivity contribution in [3.05, 3.63) is 78.0 Å². The molecule has 1 N–H and O–H groups in total. The highest BCUT2D eigenvalue weighted by atomic mass is 16.3. The quantitative estimate of drug-likeness (QED) is 0.603.